The summed E-state index contributed by atoms with van der Waals surface area (Å²) in [6.07, 6.45) is 3.04. The van der Waals surface area contributed by atoms with Crippen LogP contribution in [0.5, 0.6) is 5.75 Å². The zero-order valence-corrected chi connectivity index (χ0v) is 15.2. The van der Waals surface area contributed by atoms with E-state index in [1.54, 1.807) is 17.0 Å². The summed E-state index contributed by atoms with van der Waals surface area (Å²) in [6, 6.07) is 3.56. The number of carbonyl (C=O) groups excluding carboxylic acids is 2. The van der Waals surface area contributed by atoms with Gasteiger partial charge in [-0.25, -0.2) is 4.79 Å². The Balaban J connectivity index is 2.03. The van der Waals surface area contributed by atoms with Gasteiger partial charge >= 0.3 is 5.97 Å². The van der Waals surface area contributed by atoms with Gasteiger partial charge in [0, 0.05) is 12.1 Å². The van der Waals surface area contributed by atoms with Crippen molar-refractivity contribution in [3.05, 3.63) is 27.7 Å². The van der Waals surface area contributed by atoms with Crippen molar-refractivity contribution in [3.63, 3.8) is 0 Å². The molecule has 1 N–H and O–H groups in total. The lowest BCUT2D eigenvalue weighted by Gasteiger charge is -2.38. The predicted molar refractivity (Wildman–Crippen MR) is 90.4 cm³/mol. The van der Waals surface area contributed by atoms with Crippen LogP contribution in [0, 0.1) is 6.92 Å². The largest absolute Gasteiger partial charge is 0.506 e. The predicted octanol–water partition coefficient (Wildman–Crippen LogP) is 3.41. The number of halogens is 1. The minimum Gasteiger partial charge on any atom is -0.506 e. The van der Waals surface area contributed by atoms with E-state index < -0.39 is 5.97 Å². The zero-order valence-electron chi connectivity index (χ0n) is 13.6. The third-order valence-corrected chi connectivity index (χ3v) is 4.84. The third-order valence-electron chi connectivity index (χ3n) is 4.24. The number of likely N-dealkylation sites (tertiary alicyclic amines) is 1. The maximum absolute atomic E-state index is 12.4. The fourth-order valence-electron chi connectivity index (χ4n) is 3.08. The second-order valence-electron chi connectivity index (χ2n) is 6.15. The summed E-state index contributed by atoms with van der Waals surface area (Å²) in [4.78, 5) is 26.3. The van der Waals surface area contributed by atoms with Gasteiger partial charge in [-0.1, -0.05) is 0 Å². The van der Waals surface area contributed by atoms with Crippen molar-refractivity contribution in [2.45, 2.75) is 52.1 Å². The molecule has 23 heavy (non-hydrogen) atoms. The van der Waals surface area contributed by atoms with Crippen molar-refractivity contribution < 1.29 is 19.4 Å². The van der Waals surface area contributed by atoms with Crippen LogP contribution in [0.25, 0.3) is 0 Å². The van der Waals surface area contributed by atoms with Gasteiger partial charge in [-0.3, -0.25) is 4.79 Å². The smallest absolute Gasteiger partial charge is 0.342 e. The van der Waals surface area contributed by atoms with Gasteiger partial charge in [0.1, 0.15) is 11.3 Å². The maximum atomic E-state index is 12.4. The van der Waals surface area contributed by atoms with Crippen molar-refractivity contribution >= 4 is 27.8 Å². The number of piperidine rings is 1. The van der Waals surface area contributed by atoms with Crippen molar-refractivity contribution in [2.75, 3.05) is 6.61 Å². The Kier molecular flexibility index (Phi) is 5.68. The van der Waals surface area contributed by atoms with E-state index in [1.807, 2.05) is 20.8 Å². The van der Waals surface area contributed by atoms with Crippen LogP contribution in [-0.4, -0.2) is 40.6 Å². The molecular weight excluding hydrogens is 362 g/mol. The lowest BCUT2D eigenvalue weighted by atomic mass is 9.97. The average Bonchev–Trinajstić information content (AvgIpc) is 2.48. The van der Waals surface area contributed by atoms with Crippen LogP contribution < -0.4 is 0 Å². The normalized spacial score (nSPS) is 21.1. The summed E-state index contributed by atoms with van der Waals surface area (Å²) in [6.45, 7) is 5.53. The van der Waals surface area contributed by atoms with Crippen molar-refractivity contribution in [1.29, 1.82) is 0 Å². The topological polar surface area (TPSA) is 66.8 Å². The van der Waals surface area contributed by atoms with Gasteiger partial charge in [0.15, 0.2) is 6.61 Å². The fraction of sp³-hybridized carbons (Fsp3) is 0.529. The quantitative estimate of drug-likeness (QED) is 0.812. The number of amides is 1. The second kappa shape index (κ2) is 7.34. The Bertz CT molecular complexity index is 607. The molecule has 2 atom stereocenters. The molecule has 0 radical (unpaired) electrons. The van der Waals surface area contributed by atoms with Gasteiger partial charge in [-0.2, -0.15) is 0 Å². The summed E-state index contributed by atoms with van der Waals surface area (Å²) in [7, 11) is 0. The standard InChI is InChI=1S/C17H22BrNO4/c1-10-7-13(16(21)14(18)8-10)17(22)23-9-15(20)19-11(2)5-4-6-12(19)3/h7-8,11-12,21H,4-6,9H2,1-3H3/t11-,12-/m0/s1. The molecular formula is C17H22BrNO4. The van der Waals surface area contributed by atoms with E-state index in [2.05, 4.69) is 15.9 Å². The average molecular weight is 384 g/mol. The molecule has 1 aliphatic rings. The van der Waals surface area contributed by atoms with E-state index in [0.29, 0.717) is 4.47 Å². The van der Waals surface area contributed by atoms with Crippen LogP contribution in [0.3, 0.4) is 0 Å². The van der Waals surface area contributed by atoms with Crippen molar-refractivity contribution in [3.8, 4) is 5.75 Å². The molecule has 1 aliphatic heterocycles. The number of carbonyl (C=O) groups is 2. The molecule has 1 amide bonds. The number of nitrogens with zero attached hydrogens (tertiary/aromatic N) is 1. The van der Waals surface area contributed by atoms with E-state index >= 15 is 0 Å². The highest BCUT2D eigenvalue weighted by Gasteiger charge is 2.29. The highest BCUT2D eigenvalue weighted by molar-refractivity contribution is 9.10. The van der Waals surface area contributed by atoms with Crippen molar-refractivity contribution in [1.82, 2.24) is 4.90 Å². The lowest BCUT2D eigenvalue weighted by Crippen LogP contribution is -2.49. The Morgan fingerprint density at radius 2 is 1.91 bits per heavy atom. The summed E-state index contributed by atoms with van der Waals surface area (Å²) in [5, 5.41) is 9.95. The highest BCUT2D eigenvalue weighted by Crippen LogP contribution is 2.30. The van der Waals surface area contributed by atoms with E-state index in [1.165, 1.54) is 0 Å². The van der Waals surface area contributed by atoms with Crippen LogP contribution in [0.4, 0.5) is 0 Å². The number of rotatable bonds is 3. The number of esters is 1. The molecule has 0 unspecified atom stereocenters. The monoisotopic (exact) mass is 383 g/mol. The summed E-state index contributed by atoms with van der Waals surface area (Å²) < 4.78 is 5.54. The van der Waals surface area contributed by atoms with Crippen LogP contribution in [0.2, 0.25) is 0 Å². The fourth-order valence-corrected chi connectivity index (χ4v) is 3.66. The first kappa shape index (κ1) is 17.8. The van der Waals surface area contributed by atoms with E-state index in [0.717, 1.165) is 24.8 Å². The third kappa shape index (κ3) is 4.05. The van der Waals surface area contributed by atoms with Crippen LogP contribution in [0.15, 0.2) is 16.6 Å². The minimum absolute atomic E-state index is 0.0596. The number of aryl methyl sites for hydroxylation is 1. The summed E-state index contributed by atoms with van der Waals surface area (Å²) >= 11 is 3.19. The zero-order chi connectivity index (χ0) is 17.1. The Hall–Kier alpha value is -1.56. The number of hydrogen-bond donors (Lipinski definition) is 1. The molecule has 1 heterocycles. The molecule has 6 heteroatoms. The number of hydrogen-bond acceptors (Lipinski definition) is 4. The van der Waals surface area contributed by atoms with Gasteiger partial charge in [0.05, 0.1) is 4.47 Å². The first-order valence-corrected chi connectivity index (χ1v) is 8.58. The van der Waals surface area contributed by atoms with Crippen LogP contribution in [-0.2, 0) is 9.53 Å². The first-order chi connectivity index (χ1) is 10.8. The Labute approximate surface area is 144 Å². The Morgan fingerprint density at radius 1 is 1.30 bits per heavy atom. The van der Waals surface area contributed by atoms with Gasteiger partial charge < -0.3 is 14.7 Å². The number of aromatic hydroxyl groups is 1. The maximum Gasteiger partial charge on any atom is 0.342 e. The van der Waals surface area contributed by atoms with Gasteiger partial charge in [-0.15, -0.1) is 0 Å². The lowest BCUT2D eigenvalue weighted by molar-refractivity contribution is -0.140. The van der Waals surface area contributed by atoms with Gasteiger partial charge in [0.2, 0.25) is 0 Å². The van der Waals surface area contributed by atoms with Crippen LogP contribution in [0.1, 0.15) is 49.0 Å². The number of ether oxygens (including phenoxy) is 1. The summed E-state index contributed by atoms with van der Waals surface area (Å²) in [5.41, 5.74) is 0.871. The molecule has 0 bridgehead atoms. The van der Waals surface area contributed by atoms with Crippen LogP contribution >= 0.6 is 15.9 Å². The molecule has 5 nitrogen and oxygen atoms in total. The SMILES string of the molecule is Cc1cc(Br)c(O)c(C(=O)OCC(=O)N2[C@@H](C)CCC[C@@H]2C)c1. The molecule has 1 aromatic rings. The van der Waals surface area contributed by atoms with Crippen molar-refractivity contribution in [2.24, 2.45) is 0 Å². The minimum atomic E-state index is -0.697. The highest BCUT2D eigenvalue weighted by atomic mass is 79.9. The molecule has 1 saturated heterocycles. The number of benzene rings is 1. The summed E-state index contributed by atoms with van der Waals surface area (Å²) in [5.74, 6) is -1.06. The molecule has 0 aromatic heterocycles. The molecule has 1 fully saturated rings. The number of phenols is 1. The molecule has 0 spiro atoms. The van der Waals surface area contributed by atoms with Gasteiger partial charge in [-0.05, 0) is 73.7 Å². The Morgan fingerprint density at radius 3 is 2.52 bits per heavy atom. The van der Waals surface area contributed by atoms with E-state index in [9.17, 15) is 14.7 Å². The molecule has 2 rings (SSSR count). The molecule has 126 valence electrons. The second-order valence-corrected chi connectivity index (χ2v) is 7.00. The molecule has 0 saturated carbocycles. The van der Waals surface area contributed by atoms with E-state index in [-0.39, 0.29) is 35.9 Å². The molecule has 0 aliphatic carbocycles. The number of phenolic OH excluding ortho intramolecular Hbond substituents is 1. The molecule has 1 aromatic carbocycles. The first-order valence-electron chi connectivity index (χ1n) is 7.78. The van der Waals surface area contributed by atoms with E-state index in [4.69, 9.17) is 4.74 Å². The van der Waals surface area contributed by atoms with Gasteiger partial charge in [0.25, 0.3) is 5.91 Å².